The molecule has 0 heterocycles. The molecule has 5 heteroatoms. The number of alkyl halides is 3. The molecule has 1 aliphatic carbocycles. The summed E-state index contributed by atoms with van der Waals surface area (Å²) in [5, 5.41) is 0. The van der Waals surface area contributed by atoms with E-state index in [0.29, 0.717) is 12.8 Å². The summed E-state index contributed by atoms with van der Waals surface area (Å²) in [5.74, 6) is 0. The highest BCUT2D eigenvalue weighted by Crippen LogP contribution is 2.39. The minimum atomic E-state index is -4.44. The molecule has 1 fully saturated rings. The molecule has 0 aliphatic heterocycles. The summed E-state index contributed by atoms with van der Waals surface area (Å²) >= 11 is 0. The van der Waals surface area contributed by atoms with E-state index in [-0.39, 0.29) is 17.3 Å². The zero-order chi connectivity index (χ0) is 14.8. The van der Waals surface area contributed by atoms with Crippen molar-refractivity contribution in [2.75, 3.05) is 11.4 Å². The van der Waals surface area contributed by atoms with Crippen LogP contribution < -0.4 is 4.90 Å². The third-order valence-corrected chi connectivity index (χ3v) is 3.88. The number of rotatable bonds is 4. The molecule has 0 bridgehead atoms. The van der Waals surface area contributed by atoms with Crippen LogP contribution in [-0.4, -0.2) is 18.9 Å². The van der Waals surface area contributed by atoms with E-state index in [2.05, 4.69) is 0 Å². The Morgan fingerprint density at radius 3 is 2.45 bits per heavy atom. The van der Waals surface area contributed by atoms with Crippen LogP contribution in [0.1, 0.15) is 48.5 Å². The lowest BCUT2D eigenvalue weighted by Crippen LogP contribution is -2.34. The first-order chi connectivity index (χ1) is 9.47. The highest BCUT2D eigenvalue weighted by atomic mass is 19.4. The van der Waals surface area contributed by atoms with Gasteiger partial charge in [-0.05, 0) is 38.0 Å². The number of carbonyl (C=O) groups excluding carboxylic acids is 1. The van der Waals surface area contributed by atoms with E-state index in [1.165, 1.54) is 12.1 Å². The molecule has 0 radical (unpaired) electrons. The largest absolute Gasteiger partial charge is 0.418 e. The molecule has 2 rings (SSSR count). The fourth-order valence-corrected chi connectivity index (χ4v) is 2.95. The molecule has 0 unspecified atom stereocenters. The summed E-state index contributed by atoms with van der Waals surface area (Å²) in [7, 11) is 0. The van der Waals surface area contributed by atoms with Crippen LogP contribution in [0.25, 0.3) is 0 Å². The minimum Gasteiger partial charge on any atom is -0.368 e. The first-order valence-electron chi connectivity index (χ1n) is 6.90. The zero-order valence-corrected chi connectivity index (χ0v) is 11.4. The van der Waals surface area contributed by atoms with Gasteiger partial charge in [-0.1, -0.05) is 12.8 Å². The smallest absolute Gasteiger partial charge is 0.368 e. The lowest BCUT2D eigenvalue weighted by atomic mass is 10.1. The van der Waals surface area contributed by atoms with Gasteiger partial charge in [0.25, 0.3) is 0 Å². The summed E-state index contributed by atoms with van der Waals surface area (Å²) in [4.78, 5) is 12.5. The summed E-state index contributed by atoms with van der Waals surface area (Å²) < 4.78 is 39.6. The van der Waals surface area contributed by atoms with Crippen molar-refractivity contribution >= 4 is 12.0 Å². The zero-order valence-electron chi connectivity index (χ0n) is 11.4. The normalized spacial score (nSPS) is 16.4. The molecule has 1 aliphatic rings. The standard InChI is InChI=1S/C15H18F3NO/c1-2-19(12-5-3-4-6-12)14-8-7-11(10-20)9-13(14)15(16,17)18/h7-10,12H,2-6H2,1H3. The number of hydrogen-bond acceptors (Lipinski definition) is 2. The van der Waals surface area contributed by atoms with E-state index in [9.17, 15) is 18.0 Å². The summed E-state index contributed by atoms with van der Waals surface area (Å²) in [6, 6.07) is 3.99. The molecule has 0 aromatic heterocycles. The Labute approximate surface area is 116 Å². The first kappa shape index (κ1) is 14.9. The quantitative estimate of drug-likeness (QED) is 0.769. The number of nitrogens with zero attached hydrogens (tertiary/aromatic N) is 1. The Morgan fingerprint density at radius 1 is 1.30 bits per heavy atom. The number of hydrogen-bond donors (Lipinski definition) is 0. The Morgan fingerprint density at radius 2 is 1.95 bits per heavy atom. The molecule has 0 spiro atoms. The number of aldehydes is 1. The average Bonchev–Trinajstić information content (AvgIpc) is 2.92. The van der Waals surface area contributed by atoms with Crippen LogP contribution in [0.15, 0.2) is 18.2 Å². The molecule has 1 aromatic rings. The van der Waals surface area contributed by atoms with Crippen molar-refractivity contribution in [3.63, 3.8) is 0 Å². The number of benzene rings is 1. The predicted molar refractivity (Wildman–Crippen MR) is 72.1 cm³/mol. The summed E-state index contributed by atoms with van der Waals surface area (Å²) in [6.07, 6.45) is -0.00370. The molecule has 1 saturated carbocycles. The highest BCUT2D eigenvalue weighted by Gasteiger charge is 2.36. The second-order valence-corrected chi connectivity index (χ2v) is 5.12. The van der Waals surface area contributed by atoms with E-state index >= 15 is 0 Å². The molecule has 0 amide bonds. The molecule has 2 nitrogen and oxygen atoms in total. The Bertz CT molecular complexity index is 478. The SMILES string of the molecule is CCN(c1ccc(C=O)cc1C(F)(F)F)C1CCCC1. The maximum Gasteiger partial charge on any atom is 0.418 e. The topological polar surface area (TPSA) is 20.3 Å². The van der Waals surface area contributed by atoms with Gasteiger partial charge in [0.05, 0.1) is 5.56 Å². The van der Waals surface area contributed by atoms with E-state index in [0.717, 1.165) is 31.7 Å². The molecule has 0 saturated heterocycles. The molecule has 0 N–H and O–H groups in total. The molecular weight excluding hydrogens is 267 g/mol. The third kappa shape index (κ3) is 2.97. The molecular formula is C15H18F3NO. The van der Waals surface area contributed by atoms with Gasteiger partial charge in [-0.2, -0.15) is 13.2 Å². The maximum atomic E-state index is 13.2. The van der Waals surface area contributed by atoms with Crippen molar-refractivity contribution in [2.45, 2.75) is 44.8 Å². The Balaban J connectivity index is 2.45. The fourth-order valence-electron chi connectivity index (χ4n) is 2.95. The Hall–Kier alpha value is -1.52. The van der Waals surface area contributed by atoms with Gasteiger partial charge in [0.1, 0.15) is 6.29 Å². The van der Waals surface area contributed by atoms with Crippen molar-refractivity contribution < 1.29 is 18.0 Å². The van der Waals surface area contributed by atoms with E-state index < -0.39 is 11.7 Å². The lowest BCUT2D eigenvalue weighted by Gasteiger charge is -2.32. The highest BCUT2D eigenvalue weighted by molar-refractivity contribution is 5.77. The third-order valence-electron chi connectivity index (χ3n) is 3.88. The molecule has 0 atom stereocenters. The van der Waals surface area contributed by atoms with Crippen molar-refractivity contribution in [2.24, 2.45) is 0 Å². The van der Waals surface area contributed by atoms with Gasteiger partial charge in [0.2, 0.25) is 0 Å². The van der Waals surface area contributed by atoms with Crippen LogP contribution in [0.2, 0.25) is 0 Å². The molecule has 20 heavy (non-hydrogen) atoms. The van der Waals surface area contributed by atoms with E-state index in [1.807, 2.05) is 11.8 Å². The number of halogens is 3. The Kier molecular flexibility index (Phi) is 4.35. The predicted octanol–water partition coefficient (Wildman–Crippen LogP) is 4.29. The second-order valence-electron chi connectivity index (χ2n) is 5.12. The summed E-state index contributed by atoms with van der Waals surface area (Å²) in [5.41, 5.74) is -0.461. The fraction of sp³-hybridized carbons (Fsp3) is 0.533. The van der Waals surface area contributed by atoms with Crippen LogP contribution in [0.3, 0.4) is 0 Å². The minimum absolute atomic E-state index is 0.0588. The second kappa shape index (κ2) is 5.85. The monoisotopic (exact) mass is 285 g/mol. The van der Waals surface area contributed by atoms with Crippen molar-refractivity contribution in [1.29, 1.82) is 0 Å². The van der Waals surface area contributed by atoms with Gasteiger partial charge < -0.3 is 4.90 Å². The number of carbonyl (C=O) groups is 1. The van der Waals surface area contributed by atoms with Gasteiger partial charge in [-0.25, -0.2) is 0 Å². The van der Waals surface area contributed by atoms with Gasteiger partial charge in [0, 0.05) is 23.8 Å². The van der Waals surface area contributed by atoms with Crippen molar-refractivity contribution in [3.8, 4) is 0 Å². The maximum absolute atomic E-state index is 13.2. The van der Waals surface area contributed by atoms with Gasteiger partial charge >= 0.3 is 6.18 Å². The van der Waals surface area contributed by atoms with Gasteiger partial charge in [-0.15, -0.1) is 0 Å². The van der Waals surface area contributed by atoms with Gasteiger partial charge in [0.15, 0.2) is 0 Å². The van der Waals surface area contributed by atoms with Crippen LogP contribution in [0.4, 0.5) is 18.9 Å². The molecule has 1 aromatic carbocycles. The lowest BCUT2D eigenvalue weighted by molar-refractivity contribution is -0.137. The molecule has 110 valence electrons. The van der Waals surface area contributed by atoms with Crippen LogP contribution in [-0.2, 0) is 6.18 Å². The summed E-state index contributed by atoms with van der Waals surface area (Å²) in [6.45, 7) is 2.40. The number of anilines is 1. The van der Waals surface area contributed by atoms with Crippen molar-refractivity contribution in [3.05, 3.63) is 29.3 Å². The van der Waals surface area contributed by atoms with E-state index in [4.69, 9.17) is 0 Å². The van der Waals surface area contributed by atoms with Crippen LogP contribution >= 0.6 is 0 Å². The average molecular weight is 285 g/mol. The van der Waals surface area contributed by atoms with Gasteiger partial charge in [-0.3, -0.25) is 4.79 Å². The van der Waals surface area contributed by atoms with Crippen molar-refractivity contribution in [1.82, 2.24) is 0 Å². The van der Waals surface area contributed by atoms with Crippen LogP contribution in [0.5, 0.6) is 0 Å². The first-order valence-corrected chi connectivity index (χ1v) is 6.90. The van der Waals surface area contributed by atoms with Crippen LogP contribution in [0, 0.1) is 0 Å². The van der Waals surface area contributed by atoms with E-state index in [1.54, 1.807) is 0 Å².